The van der Waals surface area contributed by atoms with Crippen molar-refractivity contribution in [3.8, 4) is 0 Å². The number of carbonyl (C=O) groups is 2. The second-order valence-corrected chi connectivity index (χ2v) is 5.75. The highest BCUT2D eigenvalue weighted by Gasteiger charge is 2.33. The van der Waals surface area contributed by atoms with Gasteiger partial charge in [-0.1, -0.05) is 6.07 Å². The molecule has 0 unspecified atom stereocenters. The molecule has 23 heavy (non-hydrogen) atoms. The molecule has 2 aromatic heterocycles. The zero-order valence-electron chi connectivity index (χ0n) is 12.9. The summed E-state index contributed by atoms with van der Waals surface area (Å²) in [5.74, 6) is -0.276. The Morgan fingerprint density at radius 1 is 1.30 bits per heavy atom. The molecule has 3 rings (SSSR count). The van der Waals surface area contributed by atoms with Gasteiger partial charge in [0.15, 0.2) is 0 Å². The van der Waals surface area contributed by atoms with Crippen LogP contribution in [0, 0.1) is 5.92 Å². The number of hydrogen-bond donors (Lipinski definition) is 1. The van der Waals surface area contributed by atoms with Crippen LogP contribution < -0.4 is 5.32 Å². The second kappa shape index (κ2) is 7.09. The lowest BCUT2D eigenvalue weighted by molar-refractivity contribution is -0.129. The lowest BCUT2D eigenvalue weighted by Crippen LogP contribution is -2.34. The van der Waals surface area contributed by atoms with Crippen LogP contribution in [0.3, 0.4) is 0 Å². The first-order valence-corrected chi connectivity index (χ1v) is 7.77. The average molecular weight is 312 g/mol. The fourth-order valence-corrected chi connectivity index (χ4v) is 2.78. The molecule has 1 aliphatic rings. The summed E-state index contributed by atoms with van der Waals surface area (Å²) in [5.41, 5.74) is 0.981. The van der Waals surface area contributed by atoms with Crippen LogP contribution in [0.15, 0.2) is 49.1 Å². The normalized spacial score (nSPS) is 17.5. The van der Waals surface area contributed by atoms with Crippen molar-refractivity contribution in [1.82, 2.24) is 19.8 Å². The fraction of sp³-hybridized carbons (Fsp3) is 0.353. The van der Waals surface area contributed by atoms with Crippen molar-refractivity contribution in [3.63, 3.8) is 0 Å². The van der Waals surface area contributed by atoms with E-state index in [-0.39, 0.29) is 24.2 Å². The molecule has 3 heterocycles. The van der Waals surface area contributed by atoms with E-state index in [1.807, 2.05) is 41.2 Å². The van der Waals surface area contributed by atoms with Crippen LogP contribution in [0.5, 0.6) is 0 Å². The molecule has 0 aliphatic carbocycles. The summed E-state index contributed by atoms with van der Waals surface area (Å²) in [7, 11) is 0. The molecule has 6 nitrogen and oxygen atoms in total. The summed E-state index contributed by atoms with van der Waals surface area (Å²) in [5, 5.41) is 2.92. The van der Waals surface area contributed by atoms with Gasteiger partial charge in [0.05, 0.1) is 5.92 Å². The van der Waals surface area contributed by atoms with Crippen LogP contribution in [0.1, 0.15) is 12.0 Å². The summed E-state index contributed by atoms with van der Waals surface area (Å²) in [6.07, 6.45) is 7.66. The minimum absolute atomic E-state index is 0.0272. The first kappa shape index (κ1) is 15.3. The minimum Gasteiger partial charge on any atom is -0.354 e. The van der Waals surface area contributed by atoms with Gasteiger partial charge in [-0.15, -0.1) is 0 Å². The van der Waals surface area contributed by atoms with E-state index in [1.165, 1.54) is 0 Å². The van der Waals surface area contributed by atoms with E-state index in [0.717, 1.165) is 12.1 Å². The van der Waals surface area contributed by atoms with E-state index in [2.05, 4.69) is 10.3 Å². The average Bonchev–Trinajstić information content (AvgIpc) is 3.19. The topological polar surface area (TPSA) is 67.2 Å². The molecular weight excluding hydrogens is 292 g/mol. The largest absolute Gasteiger partial charge is 0.354 e. The van der Waals surface area contributed by atoms with E-state index in [0.29, 0.717) is 19.6 Å². The van der Waals surface area contributed by atoms with Crippen molar-refractivity contribution in [2.24, 2.45) is 5.92 Å². The van der Waals surface area contributed by atoms with Gasteiger partial charge in [0.1, 0.15) is 0 Å². The molecule has 1 aliphatic heterocycles. The lowest BCUT2D eigenvalue weighted by atomic mass is 10.1. The molecule has 120 valence electrons. The molecule has 2 aromatic rings. The van der Waals surface area contributed by atoms with Crippen molar-refractivity contribution < 1.29 is 9.59 Å². The van der Waals surface area contributed by atoms with Crippen molar-refractivity contribution in [1.29, 1.82) is 0 Å². The van der Waals surface area contributed by atoms with Gasteiger partial charge in [0, 0.05) is 57.4 Å². The van der Waals surface area contributed by atoms with E-state index >= 15 is 0 Å². The van der Waals surface area contributed by atoms with Crippen molar-refractivity contribution in [2.45, 2.75) is 19.5 Å². The molecule has 2 amide bonds. The Bertz CT molecular complexity index is 654. The lowest BCUT2D eigenvalue weighted by Gasteiger charge is -2.16. The highest BCUT2D eigenvalue weighted by molar-refractivity contribution is 5.89. The number of hydrogen-bond acceptors (Lipinski definition) is 3. The van der Waals surface area contributed by atoms with Crippen molar-refractivity contribution in [2.75, 3.05) is 13.1 Å². The van der Waals surface area contributed by atoms with Crippen LogP contribution in [-0.2, 0) is 22.7 Å². The Balaban J connectivity index is 1.47. The van der Waals surface area contributed by atoms with Gasteiger partial charge < -0.3 is 14.8 Å². The van der Waals surface area contributed by atoms with Gasteiger partial charge in [-0.2, -0.15) is 0 Å². The standard InChI is InChI=1S/C17H20N4O2/c22-16-10-15(13-21(16)12-14-4-3-5-18-11-14)17(23)19-6-9-20-7-1-2-8-20/h1-5,7-8,11,15H,6,9-10,12-13H2,(H,19,23)/t15-/m0/s1. The Morgan fingerprint density at radius 3 is 2.87 bits per heavy atom. The SMILES string of the molecule is O=C(NCCn1cccc1)[C@H]1CC(=O)N(Cc2cccnc2)C1. The predicted molar refractivity (Wildman–Crippen MR) is 85.2 cm³/mol. The Morgan fingerprint density at radius 2 is 2.13 bits per heavy atom. The van der Waals surface area contributed by atoms with Crippen LogP contribution in [0.4, 0.5) is 0 Å². The van der Waals surface area contributed by atoms with Crippen LogP contribution in [-0.4, -0.2) is 39.4 Å². The summed E-state index contributed by atoms with van der Waals surface area (Å²) in [6.45, 7) is 2.29. The maximum absolute atomic E-state index is 12.2. The predicted octanol–water partition coefficient (Wildman–Crippen LogP) is 1.05. The Hall–Kier alpha value is -2.63. The van der Waals surface area contributed by atoms with Crippen LogP contribution in [0.2, 0.25) is 0 Å². The number of likely N-dealkylation sites (tertiary alicyclic amines) is 1. The third-order valence-corrected chi connectivity index (χ3v) is 4.02. The molecular formula is C17H20N4O2. The highest BCUT2D eigenvalue weighted by atomic mass is 16.2. The zero-order chi connectivity index (χ0) is 16.1. The van der Waals surface area contributed by atoms with Crippen molar-refractivity contribution >= 4 is 11.8 Å². The van der Waals surface area contributed by atoms with E-state index < -0.39 is 0 Å². The number of nitrogens with zero attached hydrogens (tertiary/aromatic N) is 3. The first-order chi connectivity index (χ1) is 11.2. The summed E-state index contributed by atoms with van der Waals surface area (Å²) in [4.78, 5) is 30.1. The second-order valence-electron chi connectivity index (χ2n) is 5.75. The summed E-state index contributed by atoms with van der Waals surface area (Å²) >= 11 is 0. The third-order valence-electron chi connectivity index (χ3n) is 4.02. The quantitative estimate of drug-likeness (QED) is 0.867. The Kier molecular flexibility index (Phi) is 4.71. The Labute approximate surface area is 135 Å². The van der Waals surface area contributed by atoms with Gasteiger partial charge in [-0.25, -0.2) is 0 Å². The smallest absolute Gasteiger partial charge is 0.225 e. The molecule has 6 heteroatoms. The van der Waals surface area contributed by atoms with E-state index in [4.69, 9.17) is 0 Å². The van der Waals surface area contributed by atoms with E-state index in [1.54, 1.807) is 17.3 Å². The molecule has 1 saturated heterocycles. The fourth-order valence-electron chi connectivity index (χ4n) is 2.78. The number of rotatable bonds is 6. The first-order valence-electron chi connectivity index (χ1n) is 7.77. The summed E-state index contributed by atoms with van der Waals surface area (Å²) < 4.78 is 2.01. The third kappa shape index (κ3) is 3.97. The van der Waals surface area contributed by atoms with Gasteiger partial charge in [0.2, 0.25) is 11.8 Å². The molecule has 1 N–H and O–H groups in total. The van der Waals surface area contributed by atoms with Crippen molar-refractivity contribution in [3.05, 3.63) is 54.6 Å². The minimum atomic E-state index is -0.260. The molecule has 0 saturated carbocycles. The van der Waals surface area contributed by atoms with Crippen LogP contribution in [0.25, 0.3) is 0 Å². The van der Waals surface area contributed by atoms with Gasteiger partial charge in [-0.05, 0) is 23.8 Å². The molecule has 0 radical (unpaired) electrons. The number of carbonyl (C=O) groups excluding carboxylic acids is 2. The maximum Gasteiger partial charge on any atom is 0.225 e. The molecule has 0 bridgehead atoms. The monoisotopic (exact) mass is 312 g/mol. The number of amides is 2. The molecule has 1 atom stereocenters. The van der Waals surface area contributed by atoms with Gasteiger partial charge in [0.25, 0.3) is 0 Å². The molecule has 0 spiro atoms. The molecule has 1 fully saturated rings. The van der Waals surface area contributed by atoms with Crippen LogP contribution >= 0.6 is 0 Å². The number of pyridine rings is 1. The van der Waals surface area contributed by atoms with Gasteiger partial charge >= 0.3 is 0 Å². The molecule has 0 aromatic carbocycles. The number of aromatic nitrogens is 2. The maximum atomic E-state index is 12.2. The van der Waals surface area contributed by atoms with Gasteiger partial charge in [-0.3, -0.25) is 14.6 Å². The van der Waals surface area contributed by atoms with E-state index in [9.17, 15) is 9.59 Å². The highest BCUT2D eigenvalue weighted by Crippen LogP contribution is 2.20. The number of nitrogens with one attached hydrogen (secondary N) is 1. The zero-order valence-corrected chi connectivity index (χ0v) is 12.9. The summed E-state index contributed by atoms with van der Waals surface area (Å²) in [6, 6.07) is 7.69.